The molecule has 0 atom stereocenters. The van der Waals surface area contributed by atoms with E-state index in [1.165, 1.54) is 0 Å². The molecule has 0 radical (unpaired) electrons. The minimum absolute atomic E-state index is 0.294. The van der Waals surface area contributed by atoms with Crippen LogP contribution in [-0.4, -0.2) is 23.8 Å². The molecule has 0 spiro atoms. The van der Waals surface area contributed by atoms with Gasteiger partial charge in [0, 0.05) is 21.6 Å². The highest BCUT2D eigenvalue weighted by Gasteiger charge is 2.12. The van der Waals surface area contributed by atoms with Crippen molar-refractivity contribution in [1.29, 1.82) is 0 Å². The fraction of sp³-hybridized carbons (Fsp3) is 0.800. The first kappa shape index (κ1) is 15.6. The summed E-state index contributed by atoms with van der Waals surface area (Å²) in [4.78, 5) is 22.2. The molecule has 0 aliphatic rings. The largest absolute Gasteiger partial charge is 0.457 e. The van der Waals surface area contributed by atoms with Gasteiger partial charge in [-0.15, -0.1) is 0 Å². The van der Waals surface area contributed by atoms with Gasteiger partial charge in [-0.05, 0) is 11.8 Å². The van der Waals surface area contributed by atoms with Crippen LogP contribution in [0.4, 0.5) is 9.59 Å². The fourth-order valence-electron chi connectivity index (χ4n) is 0.586. The van der Waals surface area contributed by atoms with Gasteiger partial charge in [0.15, 0.2) is 0 Å². The molecule has 0 fully saturated rings. The maximum absolute atomic E-state index is 11.1. The third kappa shape index (κ3) is 10.2. The number of hydrogen-bond acceptors (Lipinski definition) is 6. The number of rotatable bonds is 4. The van der Waals surface area contributed by atoms with E-state index >= 15 is 0 Å². The van der Waals surface area contributed by atoms with Crippen molar-refractivity contribution in [3.8, 4) is 0 Å². The highest BCUT2D eigenvalue weighted by Crippen LogP contribution is 2.26. The summed E-state index contributed by atoms with van der Waals surface area (Å²) < 4.78 is 9.75. The molecule has 0 rings (SSSR count). The predicted molar refractivity (Wildman–Crippen MR) is 67.6 cm³/mol. The van der Waals surface area contributed by atoms with E-state index in [2.05, 4.69) is 0 Å². The van der Waals surface area contributed by atoms with Crippen molar-refractivity contribution < 1.29 is 19.1 Å². The lowest BCUT2D eigenvalue weighted by Crippen LogP contribution is -2.06. The molecule has 0 aromatic carbocycles. The van der Waals surface area contributed by atoms with E-state index in [0.717, 1.165) is 21.6 Å². The third-order valence-corrected chi connectivity index (χ3v) is 2.90. The third-order valence-electron chi connectivity index (χ3n) is 1.25. The van der Waals surface area contributed by atoms with Crippen LogP contribution in [0.15, 0.2) is 0 Å². The maximum atomic E-state index is 11.1. The average Bonchev–Trinajstić information content (AvgIpc) is 2.20. The number of carbonyl (C=O) groups excluding carboxylic acids is 2. The summed E-state index contributed by atoms with van der Waals surface area (Å²) >= 11 is 0. The Morgan fingerprint density at radius 2 is 1.19 bits per heavy atom. The molecule has 0 unspecified atom stereocenters. The number of carbonyl (C=O) groups is 2. The lowest BCUT2D eigenvalue weighted by Gasteiger charge is -2.07. The Kier molecular flexibility index (Phi) is 8.56. The standard InChI is InChI=1S/C10H18O4S2/c1-7(2)5-13-9(11)15-16-10(12)14-6-8(3)4/h7-8H,5-6H2,1-4H3. The average molecular weight is 266 g/mol. The first-order valence-electron chi connectivity index (χ1n) is 5.09. The van der Waals surface area contributed by atoms with Crippen LogP contribution in [0.3, 0.4) is 0 Å². The van der Waals surface area contributed by atoms with Crippen molar-refractivity contribution in [2.75, 3.05) is 13.2 Å². The van der Waals surface area contributed by atoms with E-state index in [-0.39, 0.29) is 0 Å². The monoisotopic (exact) mass is 266 g/mol. The van der Waals surface area contributed by atoms with Crippen molar-refractivity contribution in [3.63, 3.8) is 0 Å². The lowest BCUT2D eigenvalue weighted by molar-refractivity contribution is 0.159. The van der Waals surface area contributed by atoms with Gasteiger partial charge in [0.1, 0.15) is 0 Å². The Hall–Kier alpha value is -0.360. The summed E-state index contributed by atoms with van der Waals surface area (Å²) in [5.41, 5.74) is 0. The molecular formula is C10H18O4S2. The molecule has 0 aliphatic heterocycles. The molecule has 94 valence electrons. The first-order valence-corrected chi connectivity index (χ1v) is 7.24. The summed E-state index contributed by atoms with van der Waals surface area (Å²) in [7, 11) is 1.52. The first-order chi connectivity index (χ1) is 7.41. The van der Waals surface area contributed by atoms with E-state index in [1.54, 1.807) is 0 Å². The van der Waals surface area contributed by atoms with Gasteiger partial charge < -0.3 is 9.47 Å². The second kappa shape index (κ2) is 8.75. The molecule has 4 nitrogen and oxygen atoms in total. The van der Waals surface area contributed by atoms with E-state index in [1.807, 2.05) is 27.7 Å². The SMILES string of the molecule is CC(C)COC(=O)SSC(=O)OCC(C)C. The van der Waals surface area contributed by atoms with Crippen LogP contribution in [-0.2, 0) is 9.47 Å². The van der Waals surface area contributed by atoms with Crippen LogP contribution in [0, 0.1) is 11.8 Å². The Morgan fingerprint density at radius 3 is 1.44 bits per heavy atom. The van der Waals surface area contributed by atoms with Crippen molar-refractivity contribution in [1.82, 2.24) is 0 Å². The van der Waals surface area contributed by atoms with E-state index < -0.39 is 10.6 Å². The van der Waals surface area contributed by atoms with Gasteiger partial charge in [-0.3, -0.25) is 0 Å². The van der Waals surface area contributed by atoms with Crippen LogP contribution in [0.1, 0.15) is 27.7 Å². The highest BCUT2D eigenvalue weighted by molar-refractivity contribution is 8.86. The summed E-state index contributed by atoms with van der Waals surface area (Å²) in [6, 6.07) is 0. The summed E-state index contributed by atoms with van der Waals surface area (Å²) in [6.45, 7) is 8.52. The quantitative estimate of drug-likeness (QED) is 0.567. The van der Waals surface area contributed by atoms with Gasteiger partial charge in [0.25, 0.3) is 0 Å². The Morgan fingerprint density at radius 1 is 0.875 bits per heavy atom. The molecule has 0 bridgehead atoms. The van der Waals surface area contributed by atoms with Gasteiger partial charge in [-0.1, -0.05) is 27.7 Å². The second-order valence-electron chi connectivity index (χ2n) is 4.08. The lowest BCUT2D eigenvalue weighted by atomic mass is 10.2. The second-order valence-corrected chi connectivity index (χ2v) is 6.08. The molecule has 6 heteroatoms. The zero-order valence-corrected chi connectivity index (χ0v) is 11.7. The highest BCUT2D eigenvalue weighted by atomic mass is 33.1. The smallest absolute Gasteiger partial charge is 0.378 e. The van der Waals surface area contributed by atoms with Crippen LogP contribution >= 0.6 is 21.6 Å². The zero-order valence-electron chi connectivity index (χ0n) is 10.0. The molecule has 0 aliphatic carbocycles. The van der Waals surface area contributed by atoms with Crippen molar-refractivity contribution in [2.45, 2.75) is 27.7 Å². The van der Waals surface area contributed by atoms with Gasteiger partial charge in [0.05, 0.1) is 13.2 Å². The molecule has 0 saturated heterocycles. The molecule has 16 heavy (non-hydrogen) atoms. The Labute approximate surface area is 104 Å². The molecule has 0 N–H and O–H groups in total. The summed E-state index contributed by atoms with van der Waals surface area (Å²) in [6.07, 6.45) is 0. The van der Waals surface area contributed by atoms with E-state index in [0.29, 0.717) is 25.0 Å². The number of hydrogen-bond donors (Lipinski definition) is 0. The molecule has 0 saturated carbocycles. The topological polar surface area (TPSA) is 52.6 Å². The predicted octanol–water partition coefficient (Wildman–Crippen LogP) is 3.95. The minimum atomic E-state index is -0.458. The maximum Gasteiger partial charge on any atom is 0.378 e. The van der Waals surface area contributed by atoms with Crippen molar-refractivity contribution in [2.24, 2.45) is 11.8 Å². The van der Waals surface area contributed by atoms with Crippen LogP contribution < -0.4 is 0 Å². The van der Waals surface area contributed by atoms with Crippen molar-refractivity contribution in [3.05, 3.63) is 0 Å². The number of ether oxygens (including phenoxy) is 2. The minimum Gasteiger partial charge on any atom is -0.457 e. The summed E-state index contributed by atoms with van der Waals surface area (Å²) in [5.74, 6) is 0.588. The molecule has 0 aromatic heterocycles. The Balaban J connectivity index is 3.55. The normalized spacial score (nSPS) is 10.6. The van der Waals surface area contributed by atoms with Crippen LogP contribution in [0.5, 0.6) is 0 Å². The van der Waals surface area contributed by atoms with Crippen LogP contribution in [0.25, 0.3) is 0 Å². The van der Waals surface area contributed by atoms with Gasteiger partial charge in [0.2, 0.25) is 0 Å². The van der Waals surface area contributed by atoms with Gasteiger partial charge >= 0.3 is 10.6 Å². The fourth-order valence-corrected chi connectivity index (χ4v) is 1.65. The Bertz CT molecular complexity index is 205. The van der Waals surface area contributed by atoms with E-state index in [9.17, 15) is 9.59 Å². The molecule has 0 aromatic rings. The van der Waals surface area contributed by atoms with E-state index in [4.69, 9.17) is 9.47 Å². The van der Waals surface area contributed by atoms with Crippen molar-refractivity contribution >= 4 is 32.2 Å². The van der Waals surface area contributed by atoms with Gasteiger partial charge in [-0.25, -0.2) is 9.59 Å². The molecule has 0 amide bonds. The zero-order chi connectivity index (χ0) is 12.6. The molecule has 0 heterocycles. The van der Waals surface area contributed by atoms with Gasteiger partial charge in [-0.2, -0.15) is 0 Å². The van der Waals surface area contributed by atoms with Crippen LogP contribution in [0.2, 0.25) is 0 Å². The summed E-state index contributed by atoms with van der Waals surface area (Å²) in [5, 5.41) is -0.916. The molecular weight excluding hydrogens is 248 g/mol.